The number of aryl methyl sites for hydroxylation is 2. The molecule has 2 aromatic heterocycles. The SMILES string of the molecule is COc1nccc(C)c1N1CCC(N2Cc3cn(C)nc3N([C@H](C)c3ccccc3C(F)(F)F)C2=O)CC1. The van der Waals surface area contributed by atoms with Crippen LogP contribution in [0.5, 0.6) is 5.88 Å². The fourth-order valence-electron chi connectivity index (χ4n) is 5.67. The van der Waals surface area contributed by atoms with Crippen molar-refractivity contribution in [3.05, 3.63) is 65.0 Å². The third kappa shape index (κ3) is 4.54. The molecule has 1 atom stereocenters. The second-order valence-electron chi connectivity index (χ2n) is 9.90. The summed E-state index contributed by atoms with van der Waals surface area (Å²) in [7, 11) is 3.35. The van der Waals surface area contributed by atoms with Crippen LogP contribution in [0.1, 0.15) is 48.1 Å². The summed E-state index contributed by atoms with van der Waals surface area (Å²) in [4.78, 5) is 23.7. The Morgan fingerprint density at radius 2 is 1.84 bits per heavy atom. The molecule has 0 radical (unpaired) electrons. The number of hydrogen-bond acceptors (Lipinski definition) is 5. The quantitative estimate of drug-likeness (QED) is 0.448. The van der Waals surface area contributed by atoms with Crippen molar-refractivity contribution >= 4 is 17.5 Å². The zero-order valence-electron chi connectivity index (χ0n) is 21.9. The van der Waals surface area contributed by atoms with Gasteiger partial charge in [0.2, 0.25) is 5.88 Å². The van der Waals surface area contributed by atoms with Gasteiger partial charge in [-0.1, -0.05) is 18.2 Å². The maximum Gasteiger partial charge on any atom is 0.416 e. The number of pyridine rings is 1. The summed E-state index contributed by atoms with van der Waals surface area (Å²) in [5.74, 6) is 0.979. The number of nitrogens with zero attached hydrogens (tertiary/aromatic N) is 6. The molecule has 2 amide bonds. The number of carbonyl (C=O) groups excluding carboxylic acids is 1. The molecule has 1 fully saturated rings. The van der Waals surface area contributed by atoms with Crippen LogP contribution in [0.3, 0.4) is 0 Å². The average molecular weight is 529 g/mol. The molecule has 1 aromatic carbocycles. The van der Waals surface area contributed by atoms with Crippen LogP contribution in [-0.2, 0) is 19.8 Å². The van der Waals surface area contributed by atoms with Crippen LogP contribution in [0.25, 0.3) is 0 Å². The summed E-state index contributed by atoms with van der Waals surface area (Å²) in [5, 5.41) is 4.47. The Kier molecular flexibility index (Phi) is 6.70. The highest BCUT2D eigenvalue weighted by Gasteiger charge is 2.43. The summed E-state index contributed by atoms with van der Waals surface area (Å²) in [6.45, 7) is 5.41. The molecule has 0 spiro atoms. The molecule has 1 saturated heterocycles. The highest BCUT2D eigenvalue weighted by Crippen LogP contribution is 2.41. The van der Waals surface area contributed by atoms with Crippen molar-refractivity contribution in [1.82, 2.24) is 19.7 Å². The van der Waals surface area contributed by atoms with Gasteiger partial charge in [0, 0.05) is 44.1 Å². The van der Waals surface area contributed by atoms with Crippen LogP contribution in [0.15, 0.2) is 42.7 Å². The number of alkyl halides is 3. The van der Waals surface area contributed by atoms with Crippen molar-refractivity contribution in [1.29, 1.82) is 0 Å². The number of anilines is 2. The number of methoxy groups -OCH3 is 1. The van der Waals surface area contributed by atoms with E-state index >= 15 is 0 Å². The van der Waals surface area contributed by atoms with Gasteiger partial charge in [0.25, 0.3) is 0 Å². The van der Waals surface area contributed by atoms with E-state index in [1.54, 1.807) is 42.9 Å². The van der Waals surface area contributed by atoms with E-state index < -0.39 is 17.8 Å². The number of fused-ring (bicyclic) bond motifs is 1. The Labute approximate surface area is 219 Å². The molecule has 8 nitrogen and oxygen atoms in total. The minimum atomic E-state index is -4.53. The van der Waals surface area contributed by atoms with Gasteiger partial charge in [-0.2, -0.15) is 18.3 Å². The van der Waals surface area contributed by atoms with Crippen LogP contribution in [0, 0.1) is 6.92 Å². The summed E-state index contributed by atoms with van der Waals surface area (Å²) < 4.78 is 48.6. The first kappa shape index (κ1) is 25.9. The number of halogens is 3. The molecule has 202 valence electrons. The largest absolute Gasteiger partial charge is 0.480 e. The third-order valence-electron chi connectivity index (χ3n) is 7.51. The van der Waals surface area contributed by atoms with Gasteiger partial charge in [-0.05, 0) is 49.9 Å². The Morgan fingerprint density at radius 1 is 1.13 bits per heavy atom. The van der Waals surface area contributed by atoms with E-state index in [9.17, 15) is 18.0 Å². The molecule has 5 rings (SSSR count). The number of ether oxygens (including phenoxy) is 1. The summed E-state index contributed by atoms with van der Waals surface area (Å²) in [6.07, 6.45) is 0.438. The van der Waals surface area contributed by atoms with Crippen molar-refractivity contribution in [3.8, 4) is 5.88 Å². The molecule has 2 aliphatic rings. The standard InChI is InChI=1S/C27H31F3N6O2/c1-17-9-12-31-25(38-4)23(17)34-13-10-20(11-14-34)35-16-19-15-33(3)32-24(19)36(26(35)37)18(2)21-7-5-6-8-22(21)27(28,29)30/h5-9,12,15,18,20H,10-11,13-14,16H2,1-4H3/t18-/m1/s1. The molecule has 0 unspecified atom stereocenters. The van der Waals surface area contributed by atoms with Gasteiger partial charge < -0.3 is 14.5 Å². The number of aromatic nitrogens is 3. The maximum absolute atomic E-state index is 14.0. The van der Waals surface area contributed by atoms with Crippen LogP contribution in [0.4, 0.5) is 29.5 Å². The number of benzene rings is 1. The second kappa shape index (κ2) is 9.85. The molecule has 11 heteroatoms. The van der Waals surface area contributed by atoms with Crippen molar-refractivity contribution in [3.63, 3.8) is 0 Å². The van der Waals surface area contributed by atoms with Gasteiger partial charge in [0.15, 0.2) is 5.82 Å². The second-order valence-corrected chi connectivity index (χ2v) is 9.90. The number of piperidine rings is 1. The monoisotopic (exact) mass is 528 g/mol. The Hall–Kier alpha value is -3.76. The maximum atomic E-state index is 14.0. The number of rotatable bonds is 5. The smallest absolute Gasteiger partial charge is 0.416 e. The molecule has 0 N–H and O–H groups in total. The molecule has 3 aromatic rings. The Bertz CT molecular complexity index is 1330. The summed E-state index contributed by atoms with van der Waals surface area (Å²) in [5.41, 5.74) is 2.13. The first-order valence-electron chi connectivity index (χ1n) is 12.6. The van der Waals surface area contributed by atoms with E-state index in [0.717, 1.165) is 22.9 Å². The van der Waals surface area contributed by atoms with Gasteiger partial charge in [-0.3, -0.25) is 9.58 Å². The van der Waals surface area contributed by atoms with Crippen molar-refractivity contribution in [2.45, 2.75) is 51.5 Å². The van der Waals surface area contributed by atoms with Crippen LogP contribution < -0.4 is 14.5 Å². The van der Waals surface area contributed by atoms with Crippen LogP contribution in [0.2, 0.25) is 0 Å². The van der Waals surface area contributed by atoms with E-state index in [2.05, 4.69) is 15.0 Å². The molecule has 0 saturated carbocycles. The normalized spacial score (nSPS) is 17.6. The first-order valence-corrected chi connectivity index (χ1v) is 12.6. The van der Waals surface area contributed by atoms with Gasteiger partial charge >= 0.3 is 12.2 Å². The van der Waals surface area contributed by atoms with Crippen molar-refractivity contribution < 1.29 is 22.7 Å². The lowest BCUT2D eigenvalue weighted by atomic mass is 9.97. The predicted molar refractivity (Wildman–Crippen MR) is 137 cm³/mol. The zero-order chi connectivity index (χ0) is 27.2. The van der Waals surface area contributed by atoms with Crippen molar-refractivity contribution in [2.24, 2.45) is 7.05 Å². The molecular formula is C27H31F3N6O2. The summed E-state index contributed by atoms with van der Waals surface area (Å²) in [6, 6.07) is 6.11. The Balaban J connectivity index is 1.43. The minimum absolute atomic E-state index is 0.0424. The van der Waals surface area contributed by atoms with E-state index in [4.69, 9.17) is 4.74 Å². The van der Waals surface area contributed by atoms with Gasteiger partial charge in [0.05, 0.1) is 25.3 Å². The van der Waals surface area contributed by atoms with Crippen molar-refractivity contribution in [2.75, 3.05) is 30.0 Å². The molecule has 38 heavy (non-hydrogen) atoms. The molecular weight excluding hydrogens is 497 g/mol. The van der Waals surface area contributed by atoms with E-state index in [-0.39, 0.29) is 17.6 Å². The zero-order valence-corrected chi connectivity index (χ0v) is 21.9. The van der Waals surface area contributed by atoms with Gasteiger partial charge in [-0.15, -0.1) is 0 Å². The van der Waals surface area contributed by atoms with Crippen LogP contribution in [-0.4, -0.2) is 51.9 Å². The van der Waals surface area contributed by atoms with E-state index in [0.29, 0.717) is 44.2 Å². The molecule has 2 aliphatic heterocycles. The molecule has 4 heterocycles. The first-order chi connectivity index (χ1) is 18.1. The number of amides is 2. The topological polar surface area (TPSA) is 66.7 Å². The highest BCUT2D eigenvalue weighted by atomic mass is 19.4. The fraction of sp³-hybridized carbons (Fsp3) is 0.444. The van der Waals surface area contributed by atoms with Gasteiger partial charge in [0.1, 0.15) is 5.69 Å². The molecule has 0 aliphatic carbocycles. The third-order valence-corrected chi connectivity index (χ3v) is 7.51. The van der Waals surface area contributed by atoms with E-state index in [1.165, 1.54) is 17.0 Å². The molecule has 0 bridgehead atoms. The lowest BCUT2D eigenvalue weighted by molar-refractivity contribution is -0.138. The van der Waals surface area contributed by atoms with Gasteiger partial charge in [-0.25, -0.2) is 9.78 Å². The number of hydrogen-bond donors (Lipinski definition) is 0. The van der Waals surface area contributed by atoms with Crippen LogP contribution >= 0.6 is 0 Å². The van der Waals surface area contributed by atoms with E-state index in [1.807, 2.05) is 19.2 Å². The average Bonchev–Trinajstić information content (AvgIpc) is 3.27. The number of urea groups is 1. The fourth-order valence-corrected chi connectivity index (χ4v) is 5.67. The summed E-state index contributed by atoms with van der Waals surface area (Å²) >= 11 is 0. The lowest BCUT2D eigenvalue weighted by Crippen LogP contribution is -2.54. The Morgan fingerprint density at radius 3 is 2.53 bits per heavy atom. The lowest BCUT2D eigenvalue weighted by Gasteiger charge is -2.44. The predicted octanol–water partition coefficient (Wildman–Crippen LogP) is 5.32. The number of carbonyl (C=O) groups is 1. The highest BCUT2D eigenvalue weighted by molar-refractivity contribution is 5.94. The minimum Gasteiger partial charge on any atom is -0.480 e.